The van der Waals surface area contributed by atoms with E-state index in [4.69, 9.17) is 38.8 Å². The topological polar surface area (TPSA) is 173 Å². The number of carbonyl (C=O) groups excluding carboxylic acids is 1. The molecule has 4 N–H and O–H groups in total. The highest BCUT2D eigenvalue weighted by Gasteiger charge is 2.35. The van der Waals surface area contributed by atoms with Gasteiger partial charge in [-0.1, -0.05) is 48.5 Å². The van der Waals surface area contributed by atoms with Crippen LogP contribution < -0.4 is 15.2 Å². The van der Waals surface area contributed by atoms with Gasteiger partial charge in [-0.15, -0.1) is 0 Å². The zero-order valence-electron chi connectivity index (χ0n) is 24.9. The van der Waals surface area contributed by atoms with Crippen LogP contribution in [0.4, 0.5) is 0 Å². The smallest absolute Gasteiger partial charge is 0.472 e. The number of rotatable bonds is 16. The number of nitrogens with two attached hydrogens (primary N) is 1. The van der Waals surface area contributed by atoms with Crippen molar-refractivity contribution in [3.63, 3.8) is 0 Å². The minimum atomic E-state index is -4.66. The Morgan fingerprint density at radius 3 is 2.56 bits per heavy atom. The van der Waals surface area contributed by atoms with Crippen LogP contribution in [0.5, 0.6) is 17.2 Å². The summed E-state index contributed by atoms with van der Waals surface area (Å²) in [6.07, 6.45) is -1.28. The number of para-hydroxylation sites is 2. The number of hydrogen-bond acceptors (Lipinski definition) is 10. The lowest BCUT2D eigenvalue weighted by Crippen LogP contribution is -2.42. The molecule has 4 rings (SSSR count). The van der Waals surface area contributed by atoms with Gasteiger partial charge in [0, 0.05) is 13.0 Å². The minimum absolute atomic E-state index is 0.0665. The van der Waals surface area contributed by atoms with Gasteiger partial charge in [0.05, 0.1) is 12.7 Å². The summed E-state index contributed by atoms with van der Waals surface area (Å²) in [4.78, 5) is 33.8. The average Bonchev–Trinajstić information content (AvgIpc) is 3.03. The highest BCUT2D eigenvalue weighted by molar-refractivity contribution is 7.47. The lowest BCUT2D eigenvalue weighted by atomic mass is 10.1. The van der Waals surface area contributed by atoms with Crippen molar-refractivity contribution < 1.29 is 52.1 Å². The van der Waals surface area contributed by atoms with Gasteiger partial charge in [-0.05, 0) is 67.6 Å². The summed E-state index contributed by atoms with van der Waals surface area (Å²) in [6.45, 7) is 1.49. The molecule has 3 aromatic rings. The Labute approximate surface area is 261 Å². The van der Waals surface area contributed by atoms with E-state index >= 15 is 0 Å². The highest BCUT2D eigenvalue weighted by Crippen LogP contribution is 2.45. The molecule has 242 valence electrons. The minimum Gasteiger partial charge on any atom is -0.489 e. The van der Waals surface area contributed by atoms with Crippen molar-refractivity contribution in [1.82, 2.24) is 0 Å². The lowest BCUT2D eigenvalue weighted by Gasteiger charge is -2.31. The van der Waals surface area contributed by atoms with Crippen LogP contribution in [0.15, 0.2) is 78.9 Å². The molecule has 1 fully saturated rings. The molecule has 1 saturated heterocycles. The second kappa shape index (κ2) is 16.5. The molecular formula is C32H38NO11P. The number of ether oxygens (including phenoxy) is 4. The molecule has 0 aromatic heterocycles. The largest absolute Gasteiger partial charge is 0.489 e. The van der Waals surface area contributed by atoms with Gasteiger partial charge >= 0.3 is 19.8 Å². The molecule has 13 heteroatoms. The molecule has 1 heterocycles. The summed E-state index contributed by atoms with van der Waals surface area (Å²) in [7, 11) is -4.66. The molecule has 12 nitrogen and oxygen atoms in total. The van der Waals surface area contributed by atoms with Gasteiger partial charge in [0.1, 0.15) is 42.1 Å². The summed E-state index contributed by atoms with van der Waals surface area (Å²) in [5.74, 6) is 0.211. The number of esters is 1. The fraction of sp³-hybridized carbons (Fsp3) is 0.375. The van der Waals surface area contributed by atoms with Crippen LogP contribution in [0.1, 0.15) is 37.3 Å². The standard InChI is InChI=1S/C32H38NO11P/c1-22(31(33)32(35)36)44-45(37,38)41-21-29-28(15-8-18-39-29)43-30(34)17-16-24-10-5-6-14-27(24)40-20-23-9-7-13-26(19-23)42-25-11-3-2-4-12-25/h2-7,9-14,19,22,28-29,31H,8,15-18,20-21,33H2,1H3,(H,35,36)(H,37,38)/t22-,28+,29+,31-/m0/s1. The Kier molecular flexibility index (Phi) is 12.5. The van der Waals surface area contributed by atoms with E-state index in [1.165, 1.54) is 6.92 Å². The van der Waals surface area contributed by atoms with Crippen molar-refractivity contribution in [3.05, 3.63) is 90.0 Å². The van der Waals surface area contributed by atoms with Crippen LogP contribution in [-0.2, 0) is 45.7 Å². The molecule has 5 atom stereocenters. The van der Waals surface area contributed by atoms with Crippen molar-refractivity contribution >= 4 is 19.8 Å². The Morgan fingerprint density at radius 2 is 1.78 bits per heavy atom. The summed E-state index contributed by atoms with van der Waals surface area (Å²) < 4.78 is 45.5. The van der Waals surface area contributed by atoms with E-state index in [-0.39, 0.29) is 6.42 Å². The van der Waals surface area contributed by atoms with Gasteiger partial charge in [-0.3, -0.25) is 18.6 Å². The van der Waals surface area contributed by atoms with Crippen molar-refractivity contribution in [1.29, 1.82) is 0 Å². The van der Waals surface area contributed by atoms with Crippen molar-refractivity contribution in [2.24, 2.45) is 5.73 Å². The molecule has 1 aliphatic rings. The summed E-state index contributed by atoms with van der Waals surface area (Å²) >= 11 is 0. The van der Waals surface area contributed by atoms with Gasteiger partial charge in [0.25, 0.3) is 0 Å². The van der Waals surface area contributed by atoms with Crippen LogP contribution in [0.25, 0.3) is 0 Å². The van der Waals surface area contributed by atoms with Crippen LogP contribution in [0.3, 0.4) is 0 Å². The first-order valence-electron chi connectivity index (χ1n) is 14.6. The van der Waals surface area contributed by atoms with Gasteiger partial charge in [0.2, 0.25) is 0 Å². The third-order valence-corrected chi connectivity index (χ3v) is 8.07. The number of benzene rings is 3. The van der Waals surface area contributed by atoms with Crippen molar-refractivity contribution in [2.45, 2.75) is 63.6 Å². The van der Waals surface area contributed by atoms with Gasteiger partial charge in [0.15, 0.2) is 0 Å². The van der Waals surface area contributed by atoms with Crippen molar-refractivity contribution in [2.75, 3.05) is 13.2 Å². The Bertz CT molecular complexity index is 1450. The lowest BCUT2D eigenvalue weighted by molar-refractivity contribution is -0.166. The first-order valence-corrected chi connectivity index (χ1v) is 16.1. The number of aryl methyl sites for hydroxylation is 1. The number of phosphoric ester groups is 1. The molecule has 45 heavy (non-hydrogen) atoms. The third-order valence-electron chi connectivity index (χ3n) is 7.00. The number of phosphoric acid groups is 1. The van der Waals surface area contributed by atoms with Crippen LogP contribution in [0, 0.1) is 0 Å². The Morgan fingerprint density at radius 1 is 1.04 bits per heavy atom. The van der Waals surface area contributed by atoms with Crippen LogP contribution >= 0.6 is 7.82 Å². The molecule has 0 saturated carbocycles. The Hall–Kier alpha value is -3.77. The first-order chi connectivity index (χ1) is 21.6. The average molecular weight is 644 g/mol. The van der Waals surface area contributed by atoms with E-state index in [1.807, 2.05) is 78.9 Å². The van der Waals surface area contributed by atoms with E-state index in [2.05, 4.69) is 0 Å². The monoisotopic (exact) mass is 643 g/mol. The van der Waals surface area contributed by atoms with E-state index in [0.717, 1.165) is 16.9 Å². The fourth-order valence-corrected chi connectivity index (χ4v) is 5.52. The maximum Gasteiger partial charge on any atom is 0.472 e. The molecule has 3 aromatic carbocycles. The molecule has 0 radical (unpaired) electrons. The number of hydrogen-bond donors (Lipinski definition) is 3. The van der Waals surface area contributed by atoms with Gasteiger partial charge in [-0.25, -0.2) is 4.57 Å². The highest BCUT2D eigenvalue weighted by atomic mass is 31.2. The summed E-state index contributed by atoms with van der Waals surface area (Å²) in [6, 6.07) is 23.0. The number of aliphatic carboxylic acids is 1. The molecule has 0 aliphatic carbocycles. The predicted molar refractivity (Wildman–Crippen MR) is 163 cm³/mol. The molecule has 0 spiro atoms. The second-order valence-electron chi connectivity index (χ2n) is 10.5. The second-order valence-corrected chi connectivity index (χ2v) is 11.9. The maximum atomic E-state index is 12.8. The molecular weight excluding hydrogens is 605 g/mol. The normalized spacial score (nSPS) is 19.1. The quantitative estimate of drug-likeness (QED) is 0.141. The van der Waals surface area contributed by atoms with Crippen molar-refractivity contribution in [3.8, 4) is 17.2 Å². The molecule has 1 unspecified atom stereocenters. The Balaban J connectivity index is 1.27. The molecule has 0 bridgehead atoms. The molecule has 0 amide bonds. The summed E-state index contributed by atoms with van der Waals surface area (Å²) in [5, 5.41) is 8.96. The summed E-state index contributed by atoms with van der Waals surface area (Å²) in [5.41, 5.74) is 7.18. The van der Waals surface area contributed by atoms with E-state index in [1.54, 1.807) is 0 Å². The van der Waals surface area contributed by atoms with E-state index in [9.17, 15) is 19.0 Å². The first kappa shape index (κ1) is 34.1. The zero-order valence-corrected chi connectivity index (χ0v) is 25.8. The number of carbonyl (C=O) groups is 2. The third kappa shape index (κ3) is 11.0. The fourth-order valence-electron chi connectivity index (χ4n) is 4.58. The van der Waals surface area contributed by atoms with Gasteiger partial charge < -0.3 is 34.7 Å². The number of carboxylic acids is 1. The van der Waals surface area contributed by atoms with E-state index < -0.39 is 50.7 Å². The van der Waals surface area contributed by atoms with Crippen LogP contribution in [0.2, 0.25) is 0 Å². The predicted octanol–water partition coefficient (Wildman–Crippen LogP) is 5.02. The van der Waals surface area contributed by atoms with Crippen LogP contribution in [-0.4, -0.2) is 59.5 Å². The SMILES string of the molecule is C[C@H](OP(=O)(O)OC[C@H]1OCCC[C@H]1OC(=O)CCc1ccccc1OCc1cccc(Oc2ccccc2)c1)[C@H](N)C(=O)O. The maximum absolute atomic E-state index is 12.8. The zero-order chi connectivity index (χ0) is 32.2. The molecule has 1 aliphatic heterocycles. The van der Waals surface area contributed by atoms with E-state index in [0.29, 0.717) is 44.0 Å². The number of carboxylic acid groups (broad SMARTS) is 1. The van der Waals surface area contributed by atoms with Gasteiger partial charge in [-0.2, -0.15) is 0 Å².